The first-order valence-electron chi connectivity index (χ1n) is 7.61. The second kappa shape index (κ2) is 5.03. The van der Waals surface area contributed by atoms with E-state index in [1.165, 1.54) is 0 Å². The van der Waals surface area contributed by atoms with E-state index in [1.807, 2.05) is 0 Å². The van der Waals surface area contributed by atoms with Gasteiger partial charge in [0.1, 0.15) is 18.3 Å². The molecule has 12 heteroatoms. The fourth-order valence-electron chi connectivity index (χ4n) is 2.82. The molecule has 2 aromatic rings. The average Bonchev–Trinajstić information content (AvgIpc) is 2.88. The third-order valence-corrected chi connectivity index (χ3v) is 4.42. The number of aromatic amines is 1. The number of aliphatic hydroxyl groups is 2. The molecule has 1 aliphatic heterocycles. The van der Waals surface area contributed by atoms with Gasteiger partial charge in [0, 0.05) is 5.92 Å². The number of halogens is 1. The number of amides is 1. The van der Waals surface area contributed by atoms with Crippen LogP contribution in [0, 0.1) is 5.92 Å². The van der Waals surface area contributed by atoms with Crippen molar-refractivity contribution in [3.63, 3.8) is 0 Å². The number of aromatic nitrogens is 5. The van der Waals surface area contributed by atoms with E-state index in [0.29, 0.717) is 0 Å². The predicted octanol–water partition coefficient (Wildman–Crippen LogP) is -1.55. The monoisotopic (exact) mass is 354 g/mol. The first kappa shape index (κ1) is 16.1. The quantitative estimate of drug-likeness (QED) is 0.516. The lowest BCUT2D eigenvalue weighted by Crippen LogP contribution is -2.34. The number of rotatable bonds is 3. The number of aliphatic hydroxyl groups excluding tert-OH is 2. The molecule has 3 heterocycles. The summed E-state index contributed by atoms with van der Waals surface area (Å²) in [6.45, 7) is 3.33. The maximum absolute atomic E-state index is 14.3. The highest BCUT2D eigenvalue weighted by Crippen LogP contribution is 2.56. The Labute approximate surface area is 138 Å². The molecular formula is C13H15FN6O5. The number of anilines is 1. The van der Waals surface area contributed by atoms with Crippen molar-refractivity contribution in [2.75, 3.05) is 5.32 Å². The molecule has 11 nitrogen and oxygen atoms in total. The summed E-state index contributed by atoms with van der Waals surface area (Å²) in [4.78, 5) is 30.2. The van der Waals surface area contributed by atoms with Gasteiger partial charge in [0.15, 0.2) is 23.1 Å². The highest BCUT2D eigenvalue weighted by atomic mass is 19.1. The van der Waals surface area contributed by atoms with Gasteiger partial charge in [0.25, 0.3) is 5.56 Å². The summed E-state index contributed by atoms with van der Waals surface area (Å²) >= 11 is 0. The van der Waals surface area contributed by atoms with Crippen LogP contribution in [0.25, 0.3) is 11.2 Å². The van der Waals surface area contributed by atoms with E-state index in [-0.39, 0.29) is 28.9 Å². The second-order valence-corrected chi connectivity index (χ2v) is 6.43. The zero-order valence-corrected chi connectivity index (χ0v) is 13.2. The molecule has 5 atom stereocenters. The minimum Gasteiger partial charge on any atom is -0.387 e. The van der Waals surface area contributed by atoms with Crippen LogP contribution in [-0.4, -0.2) is 65.1 Å². The van der Waals surface area contributed by atoms with Gasteiger partial charge in [0.2, 0.25) is 11.9 Å². The zero-order valence-electron chi connectivity index (χ0n) is 13.2. The lowest BCUT2D eigenvalue weighted by molar-refractivity contribution is -0.118. The van der Waals surface area contributed by atoms with Crippen LogP contribution in [0.3, 0.4) is 0 Å². The van der Waals surface area contributed by atoms with Crippen molar-refractivity contribution in [1.82, 2.24) is 25.0 Å². The summed E-state index contributed by atoms with van der Waals surface area (Å²) in [5.74, 6) is -0.845. The molecule has 1 amide bonds. The first-order valence-corrected chi connectivity index (χ1v) is 7.61. The van der Waals surface area contributed by atoms with E-state index in [9.17, 15) is 24.2 Å². The summed E-state index contributed by atoms with van der Waals surface area (Å²) in [6.07, 6.45) is -5.59. The standard InChI is InChI=1S/C13H15FN6O5/c1-3(2)9(23)16-12-15-8-4(10(24)17-12)18-19-20(8)11-6(22)13(14)5(21)7(13)25-11/h3,5-7,11,21-22H,1-2H3,(H2,15,16,17,23,24)/t5?,6-,7+,11+,13-/m0/s1. The van der Waals surface area contributed by atoms with E-state index in [0.717, 1.165) is 4.68 Å². The number of ether oxygens (including phenoxy) is 1. The maximum atomic E-state index is 14.3. The van der Waals surface area contributed by atoms with Crippen LogP contribution in [0.4, 0.5) is 10.3 Å². The summed E-state index contributed by atoms with van der Waals surface area (Å²) in [5.41, 5.74) is -3.19. The van der Waals surface area contributed by atoms with Crippen molar-refractivity contribution in [2.24, 2.45) is 5.92 Å². The summed E-state index contributed by atoms with van der Waals surface area (Å²) in [7, 11) is 0. The number of H-pyrrole nitrogens is 1. The van der Waals surface area contributed by atoms with Crippen molar-refractivity contribution in [3.05, 3.63) is 10.4 Å². The number of alkyl halides is 1. The van der Waals surface area contributed by atoms with Crippen molar-refractivity contribution in [3.8, 4) is 0 Å². The van der Waals surface area contributed by atoms with Crippen LogP contribution >= 0.6 is 0 Å². The molecule has 2 aromatic heterocycles. The smallest absolute Gasteiger partial charge is 0.282 e. The van der Waals surface area contributed by atoms with Crippen molar-refractivity contribution >= 4 is 23.0 Å². The number of hydrogen-bond donors (Lipinski definition) is 4. The number of carbonyl (C=O) groups is 1. The number of nitrogens with zero attached hydrogens (tertiary/aromatic N) is 4. The van der Waals surface area contributed by atoms with Crippen LogP contribution in [0.15, 0.2) is 4.79 Å². The Morgan fingerprint density at radius 3 is 2.76 bits per heavy atom. The molecule has 0 spiro atoms. The molecule has 0 aromatic carbocycles. The van der Waals surface area contributed by atoms with Gasteiger partial charge >= 0.3 is 0 Å². The molecule has 0 bridgehead atoms. The van der Waals surface area contributed by atoms with Gasteiger partial charge < -0.3 is 14.9 Å². The van der Waals surface area contributed by atoms with Crippen LogP contribution in [0.2, 0.25) is 0 Å². The number of hydrogen-bond acceptors (Lipinski definition) is 8. The summed E-state index contributed by atoms with van der Waals surface area (Å²) in [5, 5.41) is 29.3. The number of nitrogens with one attached hydrogen (secondary N) is 2. The predicted molar refractivity (Wildman–Crippen MR) is 79.2 cm³/mol. The fraction of sp³-hybridized carbons (Fsp3) is 0.615. The maximum Gasteiger partial charge on any atom is 0.282 e. The number of carbonyl (C=O) groups excluding carboxylic acids is 1. The van der Waals surface area contributed by atoms with Gasteiger partial charge in [-0.25, -0.2) is 4.39 Å². The Bertz CT molecular complexity index is 927. The van der Waals surface area contributed by atoms with E-state index in [1.54, 1.807) is 13.8 Å². The molecule has 1 aliphatic carbocycles. The van der Waals surface area contributed by atoms with Gasteiger partial charge in [-0.05, 0) is 0 Å². The van der Waals surface area contributed by atoms with Crippen LogP contribution in [-0.2, 0) is 9.53 Å². The lowest BCUT2D eigenvalue weighted by atomic mass is 10.2. The van der Waals surface area contributed by atoms with E-state index < -0.39 is 35.8 Å². The molecule has 134 valence electrons. The van der Waals surface area contributed by atoms with Crippen molar-refractivity contribution in [2.45, 2.75) is 44.1 Å². The molecule has 4 N–H and O–H groups in total. The molecule has 2 aliphatic rings. The van der Waals surface area contributed by atoms with Gasteiger partial charge in [-0.15, -0.1) is 5.10 Å². The molecule has 1 unspecified atom stereocenters. The highest BCUT2D eigenvalue weighted by molar-refractivity contribution is 5.90. The Balaban J connectivity index is 1.73. The minimum atomic E-state index is -2.28. The van der Waals surface area contributed by atoms with E-state index >= 15 is 0 Å². The second-order valence-electron chi connectivity index (χ2n) is 6.43. The molecular weight excluding hydrogens is 339 g/mol. The van der Waals surface area contributed by atoms with Crippen LogP contribution < -0.4 is 10.9 Å². The molecule has 4 rings (SSSR count). The lowest BCUT2D eigenvalue weighted by Gasteiger charge is -2.19. The van der Waals surface area contributed by atoms with Gasteiger partial charge in [-0.3, -0.25) is 19.9 Å². The Kier molecular flexibility index (Phi) is 3.23. The Hall–Kier alpha value is -2.44. The normalized spacial score (nSPS) is 33.7. The largest absolute Gasteiger partial charge is 0.387 e. The fourth-order valence-corrected chi connectivity index (χ4v) is 2.82. The highest BCUT2D eigenvalue weighted by Gasteiger charge is 2.79. The SMILES string of the molecule is CC(C)C(=O)Nc1nc2c(nnn2[C@@H]2O[C@@H]3C(O)[C@]3(F)[C@H]2O)c(=O)[nH]1. The van der Waals surface area contributed by atoms with E-state index in [2.05, 4.69) is 25.6 Å². The molecule has 1 saturated heterocycles. The topological polar surface area (TPSA) is 155 Å². The number of fused-ring (bicyclic) bond motifs is 2. The molecule has 2 fully saturated rings. The minimum absolute atomic E-state index is 0.0914. The first-order chi connectivity index (χ1) is 11.7. The Morgan fingerprint density at radius 2 is 2.16 bits per heavy atom. The van der Waals surface area contributed by atoms with Gasteiger partial charge in [-0.1, -0.05) is 19.1 Å². The summed E-state index contributed by atoms with van der Waals surface area (Å²) < 4.78 is 20.5. The zero-order chi connectivity index (χ0) is 18.1. The third kappa shape index (κ3) is 2.11. The summed E-state index contributed by atoms with van der Waals surface area (Å²) in [6, 6.07) is 0. The molecule has 1 saturated carbocycles. The Morgan fingerprint density at radius 1 is 1.44 bits per heavy atom. The third-order valence-electron chi connectivity index (χ3n) is 4.42. The van der Waals surface area contributed by atoms with E-state index in [4.69, 9.17) is 4.74 Å². The van der Waals surface area contributed by atoms with Crippen LogP contribution in [0.5, 0.6) is 0 Å². The van der Waals surface area contributed by atoms with Gasteiger partial charge in [0.05, 0.1) is 0 Å². The average molecular weight is 354 g/mol. The molecule has 25 heavy (non-hydrogen) atoms. The van der Waals surface area contributed by atoms with Crippen molar-refractivity contribution in [1.29, 1.82) is 0 Å². The van der Waals surface area contributed by atoms with Gasteiger partial charge in [-0.2, -0.15) is 9.67 Å². The van der Waals surface area contributed by atoms with Crippen molar-refractivity contribution < 1.29 is 24.1 Å². The molecule has 0 radical (unpaired) electrons. The van der Waals surface area contributed by atoms with Crippen LogP contribution in [0.1, 0.15) is 20.1 Å².